The van der Waals surface area contributed by atoms with E-state index in [1.807, 2.05) is 18.5 Å². The minimum absolute atomic E-state index is 0.590. The fourth-order valence-electron chi connectivity index (χ4n) is 4.30. The zero-order valence-corrected chi connectivity index (χ0v) is 15.5. The molecule has 1 fully saturated rings. The van der Waals surface area contributed by atoms with Gasteiger partial charge in [0.15, 0.2) is 0 Å². The van der Waals surface area contributed by atoms with Crippen LogP contribution in [-0.2, 0) is 0 Å². The van der Waals surface area contributed by atoms with Gasteiger partial charge in [0.1, 0.15) is 5.75 Å². The number of fused-ring (bicyclic) bond motifs is 5. The van der Waals surface area contributed by atoms with Gasteiger partial charge in [0.25, 0.3) is 0 Å². The minimum Gasteiger partial charge on any atom is -0.494 e. The SMILES string of the molecule is CCOc1ccc2c(c1)c(C1CCN(C)C1)c1c3ccccc3sn21. The van der Waals surface area contributed by atoms with Gasteiger partial charge < -0.3 is 9.64 Å². The van der Waals surface area contributed by atoms with Crippen LogP contribution >= 0.6 is 11.5 Å². The first-order valence-electron chi connectivity index (χ1n) is 9.03. The summed E-state index contributed by atoms with van der Waals surface area (Å²) in [5.74, 6) is 1.57. The molecule has 1 saturated heterocycles. The molecule has 0 saturated carbocycles. The van der Waals surface area contributed by atoms with E-state index in [-0.39, 0.29) is 0 Å². The Morgan fingerprint density at radius 1 is 1.16 bits per heavy atom. The van der Waals surface area contributed by atoms with Crippen molar-refractivity contribution in [3.05, 3.63) is 48.0 Å². The first-order valence-corrected chi connectivity index (χ1v) is 9.81. The van der Waals surface area contributed by atoms with E-state index in [1.165, 1.54) is 45.0 Å². The topological polar surface area (TPSA) is 16.9 Å². The molecule has 1 aliphatic rings. The second-order valence-corrected chi connectivity index (χ2v) is 7.99. The first kappa shape index (κ1) is 15.2. The molecule has 0 bridgehead atoms. The third-order valence-corrected chi connectivity index (χ3v) is 6.49. The molecule has 5 rings (SSSR count). The van der Waals surface area contributed by atoms with Crippen LogP contribution in [-0.4, -0.2) is 35.4 Å². The Morgan fingerprint density at radius 2 is 2.04 bits per heavy atom. The van der Waals surface area contributed by atoms with Crippen LogP contribution in [0.25, 0.3) is 26.5 Å². The van der Waals surface area contributed by atoms with Gasteiger partial charge in [-0.3, -0.25) is 3.79 Å². The first-order chi connectivity index (χ1) is 12.3. The van der Waals surface area contributed by atoms with E-state index in [2.05, 4.69) is 58.2 Å². The predicted molar refractivity (Wildman–Crippen MR) is 106 cm³/mol. The Labute approximate surface area is 151 Å². The molecule has 0 spiro atoms. The monoisotopic (exact) mass is 350 g/mol. The minimum atomic E-state index is 0.590. The molecule has 0 amide bonds. The Bertz CT molecular complexity index is 1080. The van der Waals surface area contributed by atoms with Crippen molar-refractivity contribution in [2.45, 2.75) is 19.3 Å². The summed E-state index contributed by atoms with van der Waals surface area (Å²) in [6, 6.07) is 15.4. The van der Waals surface area contributed by atoms with Crippen molar-refractivity contribution in [3.63, 3.8) is 0 Å². The number of nitrogens with zero attached hydrogens (tertiary/aromatic N) is 2. The van der Waals surface area contributed by atoms with Gasteiger partial charge in [-0.1, -0.05) is 29.7 Å². The van der Waals surface area contributed by atoms with Gasteiger partial charge in [-0.05, 0) is 56.8 Å². The standard InChI is InChI=1S/C21H22N2OS/c1-3-24-15-8-9-18-17(12-15)20(14-10-11-22(2)13-14)21-16-6-4-5-7-19(16)25-23(18)21/h4-9,12,14H,3,10-11,13H2,1-2H3. The van der Waals surface area contributed by atoms with Crippen LogP contribution in [0.3, 0.4) is 0 Å². The molecule has 0 N–H and O–H groups in total. The Balaban J connectivity index is 1.87. The summed E-state index contributed by atoms with van der Waals surface area (Å²) in [5.41, 5.74) is 4.23. The van der Waals surface area contributed by atoms with E-state index in [4.69, 9.17) is 4.74 Å². The zero-order chi connectivity index (χ0) is 17.0. The van der Waals surface area contributed by atoms with Gasteiger partial charge in [-0.15, -0.1) is 0 Å². The molecule has 4 heteroatoms. The summed E-state index contributed by atoms with van der Waals surface area (Å²) in [7, 11) is 2.23. The lowest BCUT2D eigenvalue weighted by atomic mass is 9.95. The number of rotatable bonds is 3. The lowest BCUT2D eigenvalue weighted by molar-refractivity contribution is 0.340. The molecular formula is C21H22N2OS. The van der Waals surface area contributed by atoms with E-state index in [1.54, 1.807) is 0 Å². The van der Waals surface area contributed by atoms with E-state index >= 15 is 0 Å². The van der Waals surface area contributed by atoms with Crippen molar-refractivity contribution in [1.82, 2.24) is 8.69 Å². The van der Waals surface area contributed by atoms with Gasteiger partial charge in [0.05, 0.1) is 22.3 Å². The third kappa shape index (κ3) is 2.28. The summed E-state index contributed by atoms with van der Waals surface area (Å²) in [5, 5.41) is 2.74. The van der Waals surface area contributed by atoms with Crippen LogP contribution in [0.4, 0.5) is 0 Å². The molecule has 2 aromatic carbocycles. The number of hydrogen-bond donors (Lipinski definition) is 0. The molecule has 0 radical (unpaired) electrons. The molecule has 3 nitrogen and oxygen atoms in total. The molecule has 0 aliphatic carbocycles. The van der Waals surface area contributed by atoms with Gasteiger partial charge in [0, 0.05) is 23.2 Å². The summed E-state index contributed by atoms with van der Waals surface area (Å²) in [6.45, 7) is 5.07. The van der Waals surface area contributed by atoms with E-state index in [0.717, 1.165) is 12.3 Å². The highest BCUT2D eigenvalue weighted by Crippen LogP contribution is 2.43. The zero-order valence-electron chi connectivity index (χ0n) is 14.7. The molecule has 128 valence electrons. The molecule has 3 heterocycles. The second kappa shape index (κ2) is 5.75. The van der Waals surface area contributed by atoms with Crippen LogP contribution < -0.4 is 4.74 Å². The van der Waals surface area contributed by atoms with E-state index < -0.39 is 0 Å². The maximum atomic E-state index is 5.80. The van der Waals surface area contributed by atoms with Gasteiger partial charge >= 0.3 is 0 Å². The predicted octanol–water partition coefficient (Wildman–Crippen LogP) is 5.13. The highest BCUT2D eigenvalue weighted by molar-refractivity contribution is 7.14. The highest BCUT2D eigenvalue weighted by Gasteiger charge is 2.28. The summed E-state index contributed by atoms with van der Waals surface area (Å²) < 4.78 is 9.59. The largest absolute Gasteiger partial charge is 0.494 e. The summed E-state index contributed by atoms with van der Waals surface area (Å²) >= 11 is 1.85. The number of hydrogen-bond acceptors (Lipinski definition) is 3. The fraction of sp³-hybridized carbons (Fsp3) is 0.333. The van der Waals surface area contributed by atoms with Crippen molar-refractivity contribution in [2.75, 3.05) is 26.7 Å². The number of aromatic nitrogens is 1. The van der Waals surface area contributed by atoms with Gasteiger partial charge in [-0.25, -0.2) is 0 Å². The quantitative estimate of drug-likeness (QED) is 0.510. The maximum Gasteiger partial charge on any atom is 0.120 e. The molecular weight excluding hydrogens is 328 g/mol. The lowest BCUT2D eigenvalue weighted by Crippen LogP contribution is -2.13. The molecule has 1 unspecified atom stereocenters. The van der Waals surface area contributed by atoms with E-state index in [0.29, 0.717) is 12.5 Å². The number of ether oxygens (including phenoxy) is 1. The van der Waals surface area contributed by atoms with Crippen LogP contribution in [0, 0.1) is 0 Å². The Kier molecular flexibility index (Phi) is 3.50. The molecule has 25 heavy (non-hydrogen) atoms. The van der Waals surface area contributed by atoms with Crippen molar-refractivity contribution in [2.24, 2.45) is 0 Å². The molecule has 2 aromatic heterocycles. The smallest absolute Gasteiger partial charge is 0.120 e. The van der Waals surface area contributed by atoms with E-state index in [9.17, 15) is 0 Å². The second-order valence-electron chi connectivity index (χ2n) is 7.00. The number of likely N-dealkylation sites (tertiary alicyclic amines) is 1. The number of benzene rings is 2. The summed E-state index contributed by atoms with van der Waals surface area (Å²) in [4.78, 5) is 2.45. The van der Waals surface area contributed by atoms with Crippen LogP contribution in [0.5, 0.6) is 5.75 Å². The average molecular weight is 350 g/mol. The van der Waals surface area contributed by atoms with Crippen molar-refractivity contribution in [1.29, 1.82) is 0 Å². The number of likely N-dealkylation sites (N-methyl/N-ethyl adjacent to an activating group) is 1. The molecule has 1 aliphatic heterocycles. The third-order valence-electron chi connectivity index (χ3n) is 5.38. The Hall–Kier alpha value is -2.04. The summed E-state index contributed by atoms with van der Waals surface area (Å²) in [6.07, 6.45) is 1.23. The van der Waals surface area contributed by atoms with Crippen LogP contribution in [0.15, 0.2) is 42.5 Å². The van der Waals surface area contributed by atoms with Gasteiger partial charge in [0.2, 0.25) is 0 Å². The average Bonchev–Trinajstić information content (AvgIpc) is 3.28. The molecule has 1 atom stereocenters. The van der Waals surface area contributed by atoms with Crippen molar-refractivity contribution in [3.8, 4) is 5.75 Å². The van der Waals surface area contributed by atoms with Crippen molar-refractivity contribution >= 4 is 38.0 Å². The van der Waals surface area contributed by atoms with Crippen molar-refractivity contribution < 1.29 is 4.74 Å². The van der Waals surface area contributed by atoms with Crippen LogP contribution in [0.2, 0.25) is 0 Å². The Morgan fingerprint density at radius 3 is 2.84 bits per heavy atom. The van der Waals surface area contributed by atoms with Crippen LogP contribution in [0.1, 0.15) is 24.8 Å². The molecule has 4 aromatic rings. The fourth-order valence-corrected chi connectivity index (χ4v) is 5.44. The van der Waals surface area contributed by atoms with Gasteiger partial charge in [-0.2, -0.15) is 0 Å². The lowest BCUT2D eigenvalue weighted by Gasteiger charge is -2.11. The normalized spacial score (nSPS) is 18.7. The maximum absolute atomic E-state index is 5.80. The highest BCUT2D eigenvalue weighted by atomic mass is 32.1.